The molecule has 0 aliphatic heterocycles. The van der Waals surface area contributed by atoms with Crippen molar-refractivity contribution in [2.45, 2.75) is 44.7 Å². The Morgan fingerprint density at radius 2 is 1.52 bits per heavy atom. The summed E-state index contributed by atoms with van der Waals surface area (Å²) in [5, 5.41) is 13.0. The molecule has 3 N–H and O–H groups in total. The van der Waals surface area contributed by atoms with Crippen molar-refractivity contribution in [1.29, 1.82) is 0 Å². The Labute approximate surface area is 233 Å². The Morgan fingerprint density at radius 1 is 0.925 bits per heavy atom. The Hall–Kier alpha value is -3.99. The SMILES string of the molecule is COC(C)c1cccc2oc(C(=O)Nc3ccc(-c4ccc(S(=O)(=O)N[C@@H](C(=O)O)C(C)C)cc4)cc3)c(C)c12. The van der Waals surface area contributed by atoms with E-state index in [0.717, 1.165) is 27.6 Å². The van der Waals surface area contributed by atoms with Crippen LogP contribution >= 0.6 is 0 Å². The molecule has 210 valence electrons. The zero-order valence-electron chi connectivity index (χ0n) is 22.9. The highest BCUT2D eigenvalue weighted by Crippen LogP contribution is 2.33. The van der Waals surface area contributed by atoms with E-state index in [9.17, 15) is 23.1 Å². The van der Waals surface area contributed by atoms with Gasteiger partial charge in [-0.05, 0) is 66.8 Å². The quantitative estimate of drug-likeness (QED) is 0.223. The van der Waals surface area contributed by atoms with E-state index in [1.807, 2.05) is 32.0 Å². The van der Waals surface area contributed by atoms with Gasteiger partial charge in [-0.3, -0.25) is 9.59 Å². The topological polar surface area (TPSA) is 135 Å². The second-order valence-electron chi connectivity index (χ2n) is 9.89. The second-order valence-corrected chi connectivity index (χ2v) is 11.6. The molecule has 1 aromatic heterocycles. The minimum Gasteiger partial charge on any atom is -0.480 e. The van der Waals surface area contributed by atoms with Crippen LogP contribution in [-0.4, -0.2) is 38.6 Å². The first-order chi connectivity index (χ1) is 18.9. The van der Waals surface area contributed by atoms with Gasteiger partial charge in [0.25, 0.3) is 5.91 Å². The van der Waals surface area contributed by atoms with Gasteiger partial charge in [0, 0.05) is 23.7 Å². The number of sulfonamides is 1. The highest BCUT2D eigenvalue weighted by atomic mass is 32.2. The van der Waals surface area contributed by atoms with E-state index in [2.05, 4.69) is 10.0 Å². The number of furan rings is 1. The molecular formula is C30H32N2O7S. The van der Waals surface area contributed by atoms with E-state index in [-0.39, 0.29) is 22.7 Å². The molecule has 0 radical (unpaired) electrons. The van der Waals surface area contributed by atoms with Crippen LogP contribution in [0.15, 0.2) is 76.0 Å². The summed E-state index contributed by atoms with van der Waals surface area (Å²) in [7, 11) is -2.38. The molecule has 0 bridgehead atoms. The molecule has 0 fully saturated rings. The number of hydrogen-bond donors (Lipinski definition) is 3. The van der Waals surface area contributed by atoms with Crippen LogP contribution < -0.4 is 10.0 Å². The number of rotatable bonds is 10. The van der Waals surface area contributed by atoms with Crippen molar-refractivity contribution in [2.24, 2.45) is 5.92 Å². The number of nitrogens with one attached hydrogen (secondary N) is 2. The van der Waals surface area contributed by atoms with E-state index in [0.29, 0.717) is 11.3 Å². The van der Waals surface area contributed by atoms with Gasteiger partial charge in [0.15, 0.2) is 5.76 Å². The van der Waals surface area contributed by atoms with E-state index in [1.54, 1.807) is 57.4 Å². The maximum Gasteiger partial charge on any atom is 0.322 e. The predicted octanol–water partition coefficient (Wildman–Crippen LogP) is 5.76. The fourth-order valence-corrected chi connectivity index (χ4v) is 5.82. The summed E-state index contributed by atoms with van der Waals surface area (Å²) >= 11 is 0. The summed E-state index contributed by atoms with van der Waals surface area (Å²) in [4.78, 5) is 24.4. The smallest absolute Gasteiger partial charge is 0.322 e. The van der Waals surface area contributed by atoms with Crippen molar-refractivity contribution < 1.29 is 32.3 Å². The van der Waals surface area contributed by atoms with Crippen LogP contribution in [0.5, 0.6) is 0 Å². The number of methoxy groups -OCH3 is 1. The average Bonchev–Trinajstić information content (AvgIpc) is 3.28. The van der Waals surface area contributed by atoms with Gasteiger partial charge in [-0.1, -0.05) is 50.2 Å². The van der Waals surface area contributed by atoms with E-state index in [4.69, 9.17) is 9.15 Å². The van der Waals surface area contributed by atoms with Gasteiger partial charge in [0.1, 0.15) is 11.6 Å². The fraction of sp³-hybridized carbons (Fsp3) is 0.267. The second kappa shape index (κ2) is 11.6. The first kappa shape index (κ1) is 29.0. The number of ether oxygens (including phenoxy) is 1. The molecule has 4 rings (SSSR count). The summed E-state index contributed by atoms with van der Waals surface area (Å²) in [5.41, 5.74) is 4.41. The van der Waals surface area contributed by atoms with Gasteiger partial charge in [-0.25, -0.2) is 8.42 Å². The molecule has 1 unspecified atom stereocenters. The maximum absolute atomic E-state index is 13.1. The summed E-state index contributed by atoms with van der Waals surface area (Å²) in [6.07, 6.45) is -0.157. The fourth-order valence-electron chi connectivity index (χ4n) is 4.48. The van der Waals surface area contributed by atoms with Crippen LogP contribution in [0.2, 0.25) is 0 Å². The molecule has 10 heteroatoms. The Morgan fingerprint density at radius 3 is 2.08 bits per heavy atom. The normalized spacial score (nSPS) is 13.3. The third-order valence-electron chi connectivity index (χ3n) is 6.84. The number of benzene rings is 3. The molecule has 2 atom stereocenters. The monoisotopic (exact) mass is 564 g/mol. The predicted molar refractivity (Wildman–Crippen MR) is 153 cm³/mol. The number of aliphatic carboxylic acids is 1. The van der Waals surface area contributed by atoms with Crippen LogP contribution in [0.3, 0.4) is 0 Å². The molecule has 1 heterocycles. The third kappa shape index (κ3) is 5.94. The molecule has 40 heavy (non-hydrogen) atoms. The lowest BCUT2D eigenvalue weighted by atomic mass is 10.0. The number of amides is 1. The van der Waals surface area contributed by atoms with Gasteiger partial charge in [-0.2, -0.15) is 4.72 Å². The van der Waals surface area contributed by atoms with E-state index in [1.165, 1.54) is 12.1 Å². The summed E-state index contributed by atoms with van der Waals surface area (Å²) in [5.74, 6) is -1.80. The summed E-state index contributed by atoms with van der Waals surface area (Å²) < 4.78 is 39.0. The lowest BCUT2D eigenvalue weighted by molar-refractivity contribution is -0.140. The first-order valence-electron chi connectivity index (χ1n) is 12.7. The third-order valence-corrected chi connectivity index (χ3v) is 8.30. The zero-order valence-corrected chi connectivity index (χ0v) is 23.7. The molecular weight excluding hydrogens is 532 g/mol. The molecule has 4 aromatic rings. The lowest BCUT2D eigenvalue weighted by Gasteiger charge is -2.18. The van der Waals surface area contributed by atoms with Gasteiger partial charge in [0.05, 0.1) is 11.0 Å². The van der Waals surface area contributed by atoms with Crippen LogP contribution in [0.25, 0.3) is 22.1 Å². The Kier molecular flexibility index (Phi) is 8.43. The Bertz CT molecular complexity index is 1640. The number of hydrogen-bond acceptors (Lipinski definition) is 6. The van der Waals surface area contributed by atoms with Gasteiger partial charge >= 0.3 is 5.97 Å². The zero-order chi connectivity index (χ0) is 29.2. The molecule has 9 nitrogen and oxygen atoms in total. The average molecular weight is 565 g/mol. The standard InChI is InChI=1S/C30H32N2O7S/c1-17(2)27(30(34)35)32-40(36,37)23-15-11-21(12-16-23)20-9-13-22(14-10-20)31-29(33)28-18(3)26-24(19(4)38-5)7-6-8-25(26)39-28/h6-17,19,27,32H,1-5H3,(H,31,33)(H,34,35)/t19?,27-/m1/s1. The molecule has 3 aromatic carbocycles. The number of carbonyl (C=O) groups is 2. The van der Waals surface area contributed by atoms with Crippen molar-refractivity contribution in [2.75, 3.05) is 12.4 Å². The molecule has 1 amide bonds. The maximum atomic E-state index is 13.1. The number of carbonyl (C=O) groups excluding carboxylic acids is 1. The van der Waals surface area contributed by atoms with Crippen LogP contribution in [0.1, 0.15) is 48.6 Å². The number of anilines is 1. The van der Waals surface area contributed by atoms with Gasteiger partial charge in [0.2, 0.25) is 10.0 Å². The number of carboxylic acid groups (broad SMARTS) is 1. The largest absolute Gasteiger partial charge is 0.480 e. The van der Waals surface area contributed by atoms with Crippen molar-refractivity contribution in [3.8, 4) is 11.1 Å². The van der Waals surface area contributed by atoms with Crippen molar-refractivity contribution in [3.63, 3.8) is 0 Å². The van der Waals surface area contributed by atoms with Crippen LogP contribution in [0, 0.1) is 12.8 Å². The highest BCUT2D eigenvalue weighted by molar-refractivity contribution is 7.89. The molecule has 0 aliphatic carbocycles. The van der Waals surface area contributed by atoms with Crippen molar-refractivity contribution in [1.82, 2.24) is 4.72 Å². The number of carboxylic acids is 1. The van der Waals surface area contributed by atoms with Gasteiger partial charge in [-0.15, -0.1) is 0 Å². The Balaban J connectivity index is 1.49. The van der Waals surface area contributed by atoms with Crippen LogP contribution in [-0.2, 0) is 19.6 Å². The number of aryl methyl sites for hydroxylation is 1. The van der Waals surface area contributed by atoms with Crippen molar-refractivity contribution >= 4 is 38.6 Å². The van der Waals surface area contributed by atoms with Crippen molar-refractivity contribution in [3.05, 3.63) is 83.6 Å². The molecule has 0 saturated carbocycles. The van der Waals surface area contributed by atoms with Gasteiger partial charge < -0.3 is 19.6 Å². The number of fused-ring (bicyclic) bond motifs is 1. The summed E-state index contributed by atoms with van der Waals surface area (Å²) in [6, 6.07) is 17.7. The minimum absolute atomic E-state index is 0.0312. The molecule has 0 saturated heterocycles. The van der Waals surface area contributed by atoms with E-state index >= 15 is 0 Å². The first-order valence-corrected chi connectivity index (χ1v) is 14.2. The summed E-state index contributed by atoms with van der Waals surface area (Å²) in [6.45, 7) is 7.05. The lowest BCUT2D eigenvalue weighted by Crippen LogP contribution is -2.44. The highest BCUT2D eigenvalue weighted by Gasteiger charge is 2.28. The molecule has 0 spiro atoms. The molecule has 0 aliphatic rings. The van der Waals surface area contributed by atoms with E-state index < -0.39 is 28.0 Å². The minimum atomic E-state index is -4.01. The van der Waals surface area contributed by atoms with Crippen LogP contribution in [0.4, 0.5) is 5.69 Å².